The van der Waals surface area contributed by atoms with Crippen molar-refractivity contribution in [1.29, 1.82) is 0 Å². The Morgan fingerprint density at radius 2 is 1.82 bits per heavy atom. The Balaban J connectivity index is 1.54. The molecule has 4 rings (SSSR count). The number of carbonyl (C=O) groups is 1. The van der Waals surface area contributed by atoms with Gasteiger partial charge in [-0.3, -0.25) is 9.69 Å². The van der Waals surface area contributed by atoms with Gasteiger partial charge in [-0.05, 0) is 65.2 Å². The molecule has 3 nitrogen and oxygen atoms in total. The van der Waals surface area contributed by atoms with Crippen molar-refractivity contribution in [2.75, 3.05) is 18.4 Å². The molecule has 0 unspecified atom stereocenters. The lowest BCUT2D eigenvalue weighted by molar-refractivity contribution is -0.118. The van der Waals surface area contributed by atoms with Crippen LogP contribution in [0, 0.1) is 5.92 Å². The summed E-state index contributed by atoms with van der Waals surface area (Å²) in [5, 5.41) is 5.53. The molecule has 0 spiro atoms. The van der Waals surface area contributed by atoms with E-state index in [4.69, 9.17) is 0 Å². The van der Waals surface area contributed by atoms with E-state index < -0.39 is 0 Å². The van der Waals surface area contributed by atoms with Crippen LogP contribution in [0.5, 0.6) is 0 Å². The van der Waals surface area contributed by atoms with Crippen LogP contribution in [-0.2, 0) is 11.2 Å². The number of rotatable bonds is 6. The monoisotopic (exact) mass is 396 g/mol. The summed E-state index contributed by atoms with van der Waals surface area (Å²) < 4.78 is 0. The van der Waals surface area contributed by atoms with Crippen LogP contribution in [0.2, 0.25) is 0 Å². The fraction of sp³-hybridized carbons (Fsp3) is 0.542. The number of hydrogen-bond acceptors (Lipinski definition) is 3. The topological polar surface area (TPSA) is 32.3 Å². The Kier molecular flexibility index (Phi) is 5.62. The molecule has 2 aromatic rings. The van der Waals surface area contributed by atoms with Crippen molar-refractivity contribution in [3.05, 3.63) is 51.2 Å². The number of fused-ring (bicyclic) bond motifs is 1. The summed E-state index contributed by atoms with van der Waals surface area (Å²) in [6.07, 6.45) is 3.67. The molecule has 1 amide bonds. The smallest absolute Gasteiger partial charge is 0.238 e. The maximum atomic E-state index is 13.1. The second-order valence-electron chi connectivity index (χ2n) is 8.97. The van der Waals surface area contributed by atoms with Crippen LogP contribution < -0.4 is 5.32 Å². The molecule has 150 valence electrons. The van der Waals surface area contributed by atoms with Crippen LogP contribution in [0.4, 0.5) is 5.69 Å². The molecule has 1 aromatic carbocycles. The predicted octanol–water partition coefficient (Wildman–Crippen LogP) is 5.94. The van der Waals surface area contributed by atoms with Gasteiger partial charge in [0, 0.05) is 23.2 Å². The minimum atomic E-state index is 0.124. The Labute approximate surface area is 173 Å². The molecule has 1 aliphatic carbocycles. The third-order valence-electron chi connectivity index (χ3n) is 6.17. The van der Waals surface area contributed by atoms with Crippen molar-refractivity contribution in [2.45, 2.75) is 64.8 Å². The third-order valence-corrected chi connectivity index (χ3v) is 7.17. The molecule has 0 saturated heterocycles. The SMILES string of the molecule is CC(C)c1cccc(C(C)C)c1NC(=O)CN1CCc2sccc2[C@H]1C1CC1. The van der Waals surface area contributed by atoms with E-state index >= 15 is 0 Å². The van der Waals surface area contributed by atoms with E-state index in [2.05, 4.69) is 67.6 Å². The van der Waals surface area contributed by atoms with Gasteiger partial charge in [0.25, 0.3) is 0 Å². The fourth-order valence-electron chi connectivity index (χ4n) is 4.60. The average molecular weight is 397 g/mol. The van der Waals surface area contributed by atoms with Crippen molar-refractivity contribution < 1.29 is 4.79 Å². The molecule has 1 atom stereocenters. The van der Waals surface area contributed by atoms with Gasteiger partial charge in [0.15, 0.2) is 0 Å². The lowest BCUT2D eigenvalue weighted by Crippen LogP contribution is -2.41. The molecule has 2 heterocycles. The zero-order valence-corrected chi connectivity index (χ0v) is 18.3. The van der Waals surface area contributed by atoms with Crippen molar-refractivity contribution in [3.8, 4) is 0 Å². The predicted molar refractivity (Wildman–Crippen MR) is 118 cm³/mol. The van der Waals surface area contributed by atoms with Gasteiger partial charge >= 0.3 is 0 Å². The average Bonchev–Trinajstić information content (AvgIpc) is 3.37. The molecule has 1 N–H and O–H groups in total. The molecule has 1 saturated carbocycles. The first-order valence-corrected chi connectivity index (χ1v) is 11.6. The summed E-state index contributed by atoms with van der Waals surface area (Å²) in [5.74, 6) is 1.63. The third kappa shape index (κ3) is 3.90. The zero-order valence-electron chi connectivity index (χ0n) is 17.5. The van der Waals surface area contributed by atoms with Gasteiger partial charge in [-0.15, -0.1) is 11.3 Å². The summed E-state index contributed by atoms with van der Waals surface area (Å²) in [6, 6.07) is 9.14. The van der Waals surface area contributed by atoms with Crippen LogP contribution in [-0.4, -0.2) is 23.9 Å². The molecule has 1 fully saturated rings. The van der Waals surface area contributed by atoms with Crippen molar-refractivity contribution >= 4 is 22.9 Å². The minimum absolute atomic E-state index is 0.124. The lowest BCUT2D eigenvalue weighted by Gasteiger charge is -2.35. The van der Waals surface area contributed by atoms with Crippen LogP contribution in [0.3, 0.4) is 0 Å². The van der Waals surface area contributed by atoms with E-state index in [1.807, 2.05) is 11.3 Å². The molecule has 0 radical (unpaired) electrons. The molecule has 1 aliphatic heterocycles. The summed E-state index contributed by atoms with van der Waals surface area (Å²) in [7, 11) is 0. The number of benzene rings is 1. The largest absolute Gasteiger partial charge is 0.324 e. The molecular weight excluding hydrogens is 364 g/mol. The molecule has 4 heteroatoms. The van der Waals surface area contributed by atoms with Gasteiger partial charge in [0.2, 0.25) is 5.91 Å². The van der Waals surface area contributed by atoms with Crippen molar-refractivity contribution in [2.24, 2.45) is 5.92 Å². The van der Waals surface area contributed by atoms with E-state index in [-0.39, 0.29) is 5.91 Å². The van der Waals surface area contributed by atoms with E-state index in [1.165, 1.54) is 34.4 Å². The Morgan fingerprint density at radius 3 is 2.43 bits per heavy atom. The summed E-state index contributed by atoms with van der Waals surface area (Å²) in [6.45, 7) is 10.3. The highest BCUT2D eigenvalue weighted by Gasteiger charge is 2.40. The lowest BCUT2D eigenvalue weighted by atomic mass is 9.92. The van der Waals surface area contributed by atoms with Gasteiger partial charge < -0.3 is 5.32 Å². The highest BCUT2D eigenvalue weighted by atomic mass is 32.1. The first-order chi connectivity index (χ1) is 13.5. The molecule has 0 bridgehead atoms. The normalized spacial score (nSPS) is 19.9. The van der Waals surface area contributed by atoms with Gasteiger partial charge in [0.05, 0.1) is 6.54 Å². The number of nitrogens with one attached hydrogen (secondary N) is 1. The number of carbonyl (C=O) groups excluding carboxylic acids is 1. The molecule has 1 aromatic heterocycles. The molecule has 28 heavy (non-hydrogen) atoms. The number of anilines is 1. The molecular formula is C24H32N2OS. The maximum absolute atomic E-state index is 13.1. The van der Waals surface area contributed by atoms with Crippen LogP contribution >= 0.6 is 11.3 Å². The number of nitrogens with zero attached hydrogens (tertiary/aromatic N) is 1. The van der Waals surface area contributed by atoms with Crippen LogP contribution in [0.15, 0.2) is 29.6 Å². The van der Waals surface area contributed by atoms with Gasteiger partial charge in [0.1, 0.15) is 0 Å². The summed E-state index contributed by atoms with van der Waals surface area (Å²) >= 11 is 1.88. The zero-order chi connectivity index (χ0) is 19.8. The van der Waals surface area contributed by atoms with E-state index in [1.54, 1.807) is 0 Å². The first kappa shape index (κ1) is 19.7. The Bertz CT molecular complexity index is 824. The second-order valence-corrected chi connectivity index (χ2v) is 9.97. The van der Waals surface area contributed by atoms with Crippen molar-refractivity contribution in [3.63, 3.8) is 0 Å². The standard InChI is InChI=1S/C24H32N2OS/c1-15(2)18-6-5-7-19(16(3)4)23(18)25-22(27)14-26-12-10-21-20(11-13-28-21)24(26)17-8-9-17/h5-7,11,13,15-17,24H,8-10,12,14H2,1-4H3,(H,25,27)/t24-/m1/s1. The molecule has 2 aliphatic rings. The maximum Gasteiger partial charge on any atom is 0.238 e. The van der Waals surface area contributed by atoms with Gasteiger partial charge in [-0.1, -0.05) is 45.9 Å². The Morgan fingerprint density at radius 1 is 1.14 bits per heavy atom. The van der Waals surface area contributed by atoms with E-state index in [0.29, 0.717) is 24.4 Å². The number of amides is 1. The quantitative estimate of drug-likeness (QED) is 0.655. The number of para-hydroxylation sites is 1. The minimum Gasteiger partial charge on any atom is -0.324 e. The van der Waals surface area contributed by atoms with Crippen molar-refractivity contribution in [1.82, 2.24) is 4.90 Å². The van der Waals surface area contributed by atoms with Crippen LogP contribution in [0.1, 0.15) is 80.0 Å². The first-order valence-electron chi connectivity index (χ1n) is 10.7. The summed E-state index contributed by atoms with van der Waals surface area (Å²) in [5.41, 5.74) is 4.99. The highest BCUT2D eigenvalue weighted by Crippen LogP contribution is 2.48. The number of thiophene rings is 1. The fourth-order valence-corrected chi connectivity index (χ4v) is 5.51. The van der Waals surface area contributed by atoms with Crippen LogP contribution in [0.25, 0.3) is 0 Å². The number of hydrogen-bond donors (Lipinski definition) is 1. The second kappa shape index (κ2) is 8.00. The Hall–Kier alpha value is -1.65. The van der Waals surface area contributed by atoms with E-state index in [0.717, 1.165) is 24.6 Å². The van der Waals surface area contributed by atoms with Gasteiger partial charge in [-0.25, -0.2) is 0 Å². The van der Waals surface area contributed by atoms with E-state index in [9.17, 15) is 4.79 Å². The summed E-state index contributed by atoms with van der Waals surface area (Å²) in [4.78, 5) is 17.1. The van der Waals surface area contributed by atoms with Gasteiger partial charge in [-0.2, -0.15) is 0 Å². The highest BCUT2D eigenvalue weighted by molar-refractivity contribution is 7.10.